The summed E-state index contributed by atoms with van der Waals surface area (Å²) < 4.78 is 73.1. The molecule has 0 aromatic rings. The number of halogens is 6. The minimum absolute atomic E-state index is 0.630. The molecule has 15 heavy (non-hydrogen) atoms. The Morgan fingerprint density at radius 2 is 1.27 bits per heavy atom. The molecule has 0 radical (unpaired) electrons. The Balaban J connectivity index is 5.42. The van der Waals surface area contributed by atoms with Gasteiger partial charge in [-0.25, -0.2) is 0 Å². The van der Waals surface area contributed by atoms with Crippen LogP contribution in [0, 0.1) is 0 Å². The van der Waals surface area contributed by atoms with Crippen LogP contribution in [0.1, 0.15) is 20.8 Å². The summed E-state index contributed by atoms with van der Waals surface area (Å²) in [7, 11) is 0. The van der Waals surface area contributed by atoms with Crippen molar-refractivity contribution in [3.63, 3.8) is 0 Å². The SMILES string of the molecule is C/C=C(\C(C)=C(/C)C(F)(F)F)C(F)(F)F. The zero-order valence-corrected chi connectivity index (χ0v) is 8.35. The van der Waals surface area contributed by atoms with Crippen LogP contribution >= 0.6 is 0 Å². The van der Waals surface area contributed by atoms with Crippen molar-refractivity contribution in [3.8, 4) is 0 Å². The molecule has 0 fully saturated rings. The first-order valence-corrected chi connectivity index (χ1v) is 4.00. The van der Waals surface area contributed by atoms with Gasteiger partial charge in [-0.15, -0.1) is 0 Å². The molecule has 0 saturated carbocycles. The quantitative estimate of drug-likeness (QED) is 0.464. The predicted octanol–water partition coefficient (Wildman–Crippen LogP) is 4.39. The van der Waals surface area contributed by atoms with E-state index < -0.39 is 29.1 Å². The molecule has 6 heteroatoms. The highest BCUT2D eigenvalue weighted by Crippen LogP contribution is 2.36. The standard InChI is InChI=1S/C9H10F6/c1-4-7(9(13,14)15)5(2)6(3)8(10,11)12/h4H,1-3H3/b6-5+,7-4+. The Bertz CT molecular complexity index is 289. The molecular weight excluding hydrogens is 222 g/mol. The van der Waals surface area contributed by atoms with Gasteiger partial charge in [0.05, 0.1) is 5.57 Å². The highest BCUT2D eigenvalue weighted by Gasteiger charge is 2.39. The van der Waals surface area contributed by atoms with Crippen LogP contribution in [-0.2, 0) is 0 Å². The molecule has 0 spiro atoms. The molecule has 0 aliphatic carbocycles. The second kappa shape index (κ2) is 4.28. The van der Waals surface area contributed by atoms with E-state index in [0.29, 0.717) is 13.0 Å². The summed E-state index contributed by atoms with van der Waals surface area (Å²) in [6.07, 6.45) is -8.86. The van der Waals surface area contributed by atoms with Crippen molar-refractivity contribution in [2.75, 3.05) is 0 Å². The van der Waals surface area contributed by atoms with Crippen molar-refractivity contribution >= 4 is 0 Å². The van der Waals surface area contributed by atoms with Crippen molar-refractivity contribution in [3.05, 3.63) is 22.8 Å². The van der Waals surface area contributed by atoms with Crippen molar-refractivity contribution < 1.29 is 26.3 Å². The van der Waals surface area contributed by atoms with E-state index >= 15 is 0 Å². The van der Waals surface area contributed by atoms with Crippen LogP contribution in [0.4, 0.5) is 26.3 Å². The van der Waals surface area contributed by atoms with Crippen LogP contribution in [0.25, 0.3) is 0 Å². The number of hydrogen-bond donors (Lipinski definition) is 0. The minimum Gasteiger partial charge on any atom is -0.166 e. The summed E-state index contributed by atoms with van der Waals surface area (Å²) in [6.45, 7) is 2.49. The zero-order valence-electron chi connectivity index (χ0n) is 8.35. The lowest BCUT2D eigenvalue weighted by Gasteiger charge is -2.16. The van der Waals surface area contributed by atoms with Gasteiger partial charge in [0.25, 0.3) is 0 Å². The maximum Gasteiger partial charge on any atom is 0.416 e. The first-order valence-electron chi connectivity index (χ1n) is 4.00. The van der Waals surface area contributed by atoms with Gasteiger partial charge in [-0.05, 0) is 26.3 Å². The average molecular weight is 232 g/mol. The van der Waals surface area contributed by atoms with Gasteiger partial charge in [0.15, 0.2) is 0 Å². The molecule has 0 rings (SSSR count). The fourth-order valence-corrected chi connectivity index (χ4v) is 1.01. The maximum atomic E-state index is 12.2. The van der Waals surface area contributed by atoms with Crippen molar-refractivity contribution in [1.82, 2.24) is 0 Å². The zero-order chi connectivity index (χ0) is 12.4. The fourth-order valence-electron chi connectivity index (χ4n) is 1.01. The fraction of sp³-hybridized carbons (Fsp3) is 0.556. The van der Waals surface area contributed by atoms with Crippen LogP contribution in [-0.4, -0.2) is 12.4 Å². The highest BCUT2D eigenvalue weighted by molar-refractivity contribution is 5.37. The average Bonchev–Trinajstić information content (AvgIpc) is 1.99. The lowest BCUT2D eigenvalue weighted by atomic mass is 10.0. The molecule has 0 aliphatic heterocycles. The molecule has 0 heterocycles. The Morgan fingerprint density at radius 3 is 1.47 bits per heavy atom. The Hall–Kier alpha value is -0.940. The molecule has 0 bridgehead atoms. The van der Waals surface area contributed by atoms with E-state index in [9.17, 15) is 26.3 Å². The molecule has 0 saturated heterocycles. The number of rotatable bonds is 1. The van der Waals surface area contributed by atoms with E-state index in [0.717, 1.165) is 13.8 Å². The van der Waals surface area contributed by atoms with Crippen LogP contribution < -0.4 is 0 Å². The Morgan fingerprint density at radius 1 is 0.867 bits per heavy atom. The topological polar surface area (TPSA) is 0 Å². The molecule has 88 valence electrons. The summed E-state index contributed by atoms with van der Waals surface area (Å²) in [6, 6.07) is 0. The molecule has 0 atom stereocenters. The first-order chi connectivity index (χ1) is 6.51. The monoisotopic (exact) mass is 232 g/mol. The molecule has 0 unspecified atom stereocenters. The van der Waals surface area contributed by atoms with Crippen molar-refractivity contribution in [2.24, 2.45) is 0 Å². The van der Waals surface area contributed by atoms with Crippen LogP contribution in [0.3, 0.4) is 0 Å². The third-order valence-electron chi connectivity index (χ3n) is 1.99. The summed E-state index contributed by atoms with van der Waals surface area (Å²) >= 11 is 0. The second-order valence-corrected chi connectivity index (χ2v) is 2.95. The second-order valence-electron chi connectivity index (χ2n) is 2.95. The molecule has 0 N–H and O–H groups in total. The largest absolute Gasteiger partial charge is 0.416 e. The van der Waals surface area contributed by atoms with Gasteiger partial charge in [0, 0.05) is 5.57 Å². The molecule has 0 nitrogen and oxygen atoms in total. The van der Waals surface area contributed by atoms with E-state index in [4.69, 9.17) is 0 Å². The van der Waals surface area contributed by atoms with Crippen molar-refractivity contribution in [2.45, 2.75) is 33.1 Å². The van der Waals surface area contributed by atoms with E-state index in [1.54, 1.807) is 0 Å². The van der Waals surface area contributed by atoms with Crippen LogP contribution in [0.2, 0.25) is 0 Å². The van der Waals surface area contributed by atoms with Gasteiger partial charge in [0.2, 0.25) is 0 Å². The Kier molecular flexibility index (Phi) is 4.01. The summed E-state index contributed by atoms with van der Waals surface area (Å²) in [5, 5.41) is 0. The van der Waals surface area contributed by atoms with E-state index in [1.807, 2.05) is 0 Å². The normalized spacial score (nSPS) is 16.5. The lowest BCUT2D eigenvalue weighted by Crippen LogP contribution is -2.18. The molecular formula is C9H10F6. The van der Waals surface area contributed by atoms with Crippen LogP contribution in [0.5, 0.6) is 0 Å². The third kappa shape index (κ3) is 3.60. The molecule has 0 amide bonds. The van der Waals surface area contributed by atoms with Gasteiger partial charge in [0.1, 0.15) is 0 Å². The van der Waals surface area contributed by atoms with Crippen molar-refractivity contribution in [1.29, 1.82) is 0 Å². The Labute approximate surface area is 83.3 Å². The smallest absolute Gasteiger partial charge is 0.166 e. The summed E-state index contributed by atoms with van der Waals surface area (Å²) in [5.41, 5.74) is -3.28. The number of hydrogen-bond acceptors (Lipinski definition) is 0. The third-order valence-corrected chi connectivity index (χ3v) is 1.99. The van der Waals surface area contributed by atoms with E-state index in [-0.39, 0.29) is 0 Å². The van der Waals surface area contributed by atoms with Gasteiger partial charge < -0.3 is 0 Å². The molecule has 0 aliphatic rings. The summed E-state index contributed by atoms with van der Waals surface area (Å²) in [4.78, 5) is 0. The molecule has 0 aromatic carbocycles. The number of allylic oxidation sites excluding steroid dienone is 4. The summed E-state index contributed by atoms with van der Waals surface area (Å²) in [5.74, 6) is 0. The van der Waals surface area contributed by atoms with E-state index in [1.165, 1.54) is 0 Å². The van der Waals surface area contributed by atoms with Gasteiger partial charge in [-0.2, -0.15) is 26.3 Å². The molecule has 0 aromatic heterocycles. The van der Waals surface area contributed by atoms with Crippen LogP contribution in [0.15, 0.2) is 22.8 Å². The van der Waals surface area contributed by atoms with E-state index in [2.05, 4.69) is 0 Å². The van der Waals surface area contributed by atoms with Gasteiger partial charge in [-0.3, -0.25) is 0 Å². The number of alkyl halides is 6. The maximum absolute atomic E-state index is 12.2. The minimum atomic E-state index is -4.76. The van der Waals surface area contributed by atoms with Gasteiger partial charge in [-0.1, -0.05) is 6.08 Å². The lowest BCUT2D eigenvalue weighted by molar-refractivity contribution is -0.0970. The van der Waals surface area contributed by atoms with Gasteiger partial charge >= 0.3 is 12.4 Å². The predicted molar refractivity (Wildman–Crippen MR) is 44.2 cm³/mol. The highest BCUT2D eigenvalue weighted by atomic mass is 19.4. The first kappa shape index (κ1) is 14.1.